The van der Waals surface area contributed by atoms with Gasteiger partial charge in [-0.25, -0.2) is 4.98 Å². The summed E-state index contributed by atoms with van der Waals surface area (Å²) >= 11 is 8.14. The van der Waals surface area contributed by atoms with Crippen molar-refractivity contribution >= 4 is 34.4 Å². The number of hydrogen-bond donors (Lipinski definition) is 0. The number of methoxy groups -OCH3 is 1. The molecular formula is C15H19ClN2OS. The van der Waals surface area contributed by atoms with Gasteiger partial charge in [0.05, 0.1) is 24.0 Å². The minimum Gasteiger partial charge on any atom is -0.497 e. The van der Waals surface area contributed by atoms with Crippen LogP contribution in [-0.4, -0.2) is 27.2 Å². The molecule has 5 heteroatoms. The first kappa shape index (κ1) is 14.1. The van der Waals surface area contributed by atoms with Gasteiger partial charge < -0.3 is 9.30 Å². The highest BCUT2D eigenvalue weighted by Crippen LogP contribution is 2.40. The second-order valence-electron chi connectivity index (χ2n) is 5.50. The summed E-state index contributed by atoms with van der Waals surface area (Å²) in [7, 11) is 1.69. The summed E-state index contributed by atoms with van der Waals surface area (Å²) in [6, 6.07) is 6.01. The maximum Gasteiger partial charge on any atom is 0.124 e. The first-order valence-corrected chi connectivity index (χ1v) is 8.40. The molecule has 1 aliphatic rings. The zero-order valence-electron chi connectivity index (χ0n) is 11.9. The molecule has 1 atom stereocenters. The van der Waals surface area contributed by atoms with Crippen molar-refractivity contribution in [1.29, 1.82) is 0 Å². The molecule has 0 saturated carbocycles. The largest absolute Gasteiger partial charge is 0.497 e. The highest BCUT2D eigenvalue weighted by Gasteiger charge is 2.31. The van der Waals surface area contributed by atoms with E-state index in [1.165, 1.54) is 18.6 Å². The SMILES string of the molecule is COc1ccc2nc(CCl)n(CC3(C)CCCS3)c2c1. The number of alkyl halides is 1. The average Bonchev–Trinajstić information content (AvgIpc) is 3.03. The number of hydrogen-bond acceptors (Lipinski definition) is 3. The highest BCUT2D eigenvalue weighted by molar-refractivity contribution is 8.00. The maximum atomic E-state index is 6.09. The predicted octanol–water partition coefficient (Wildman–Crippen LogP) is 4.07. The summed E-state index contributed by atoms with van der Waals surface area (Å²) in [5.41, 5.74) is 2.11. The van der Waals surface area contributed by atoms with Gasteiger partial charge in [-0.3, -0.25) is 0 Å². The first-order chi connectivity index (χ1) is 9.65. The Labute approximate surface area is 128 Å². The number of fused-ring (bicyclic) bond motifs is 1. The molecule has 0 N–H and O–H groups in total. The second-order valence-corrected chi connectivity index (χ2v) is 7.45. The van der Waals surface area contributed by atoms with Crippen LogP contribution in [0.5, 0.6) is 5.75 Å². The maximum absolute atomic E-state index is 6.09. The molecule has 1 aromatic heterocycles. The fourth-order valence-corrected chi connectivity index (χ4v) is 4.35. The summed E-state index contributed by atoms with van der Waals surface area (Å²) < 4.78 is 7.89. The van der Waals surface area contributed by atoms with Gasteiger partial charge in [-0.1, -0.05) is 0 Å². The molecule has 0 radical (unpaired) electrons. The van der Waals surface area contributed by atoms with Crippen LogP contribution in [0.3, 0.4) is 0 Å². The van der Waals surface area contributed by atoms with Crippen LogP contribution < -0.4 is 4.74 Å². The number of ether oxygens (including phenoxy) is 1. The summed E-state index contributed by atoms with van der Waals surface area (Å²) in [4.78, 5) is 4.65. The summed E-state index contributed by atoms with van der Waals surface area (Å²) in [5.74, 6) is 3.51. The minimum atomic E-state index is 0.289. The van der Waals surface area contributed by atoms with E-state index in [2.05, 4.69) is 34.3 Å². The first-order valence-electron chi connectivity index (χ1n) is 6.88. The molecule has 0 amide bonds. The van der Waals surface area contributed by atoms with E-state index in [1.54, 1.807) is 7.11 Å². The average molecular weight is 311 g/mol. The lowest BCUT2D eigenvalue weighted by Gasteiger charge is -2.24. The molecular weight excluding hydrogens is 292 g/mol. The van der Waals surface area contributed by atoms with Gasteiger partial charge in [0.15, 0.2) is 0 Å². The molecule has 1 aliphatic heterocycles. The van der Waals surface area contributed by atoms with Gasteiger partial charge in [-0.05, 0) is 37.7 Å². The van der Waals surface area contributed by atoms with E-state index in [9.17, 15) is 0 Å². The smallest absolute Gasteiger partial charge is 0.124 e. The Morgan fingerprint density at radius 3 is 3.00 bits per heavy atom. The third-order valence-corrected chi connectivity index (χ3v) is 5.71. The van der Waals surface area contributed by atoms with Gasteiger partial charge in [0.25, 0.3) is 0 Å². The zero-order chi connectivity index (χ0) is 14.2. The molecule has 1 unspecified atom stereocenters. The lowest BCUT2D eigenvalue weighted by atomic mass is 10.1. The van der Waals surface area contributed by atoms with E-state index < -0.39 is 0 Å². The zero-order valence-corrected chi connectivity index (χ0v) is 13.4. The molecule has 0 spiro atoms. The minimum absolute atomic E-state index is 0.289. The number of rotatable bonds is 4. The molecule has 1 saturated heterocycles. The second kappa shape index (κ2) is 5.49. The van der Waals surface area contributed by atoms with Crippen LogP contribution >= 0.6 is 23.4 Å². The van der Waals surface area contributed by atoms with Crippen LogP contribution in [0.1, 0.15) is 25.6 Å². The van der Waals surface area contributed by atoms with Gasteiger partial charge in [-0.2, -0.15) is 11.8 Å². The summed E-state index contributed by atoms with van der Waals surface area (Å²) in [6.45, 7) is 3.30. The summed E-state index contributed by atoms with van der Waals surface area (Å²) in [6.07, 6.45) is 2.55. The number of halogens is 1. The van der Waals surface area contributed by atoms with Gasteiger partial charge in [0.2, 0.25) is 0 Å². The molecule has 1 fully saturated rings. The van der Waals surface area contributed by atoms with Crippen molar-refractivity contribution in [2.75, 3.05) is 12.9 Å². The van der Waals surface area contributed by atoms with Crippen LogP contribution in [0.2, 0.25) is 0 Å². The van der Waals surface area contributed by atoms with Gasteiger partial charge in [0, 0.05) is 17.4 Å². The van der Waals surface area contributed by atoms with Crippen LogP contribution in [0.25, 0.3) is 11.0 Å². The van der Waals surface area contributed by atoms with Gasteiger partial charge >= 0.3 is 0 Å². The van der Waals surface area contributed by atoms with Crippen molar-refractivity contribution in [3.05, 3.63) is 24.0 Å². The van der Waals surface area contributed by atoms with E-state index in [0.29, 0.717) is 5.88 Å². The Balaban J connectivity index is 2.06. The fraction of sp³-hybridized carbons (Fsp3) is 0.533. The van der Waals surface area contributed by atoms with Crippen molar-refractivity contribution in [1.82, 2.24) is 9.55 Å². The number of nitrogens with zero attached hydrogens (tertiary/aromatic N) is 2. The lowest BCUT2D eigenvalue weighted by molar-refractivity contribution is 0.415. The molecule has 0 bridgehead atoms. The molecule has 1 aromatic carbocycles. The van der Waals surface area contributed by atoms with Crippen LogP contribution in [0, 0.1) is 0 Å². The molecule has 20 heavy (non-hydrogen) atoms. The normalized spacial score (nSPS) is 22.6. The highest BCUT2D eigenvalue weighted by atomic mass is 35.5. The monoisotopic (exact) mass is 310 g/mol. The Morgan fingerprint density at radius 2 is 2.35 bits per heavy atom. The molecule has 2 heterocycles. The molecule has 108 valence electrons. The third kappa shape index (κ3) is 2.51. The van der Waals surface area contributed by atoms with E-state index >= 15 is 0 Å². The van der Waals surface area contributed by atoms with Crippen molar-refractivity contribution in [3.63, 3.8) is 0 Å². The van der Waals surface area contributed by atoms with Gasteiger partial charge in [-0.15, -0.1) is 11.6 Å². The Morgan fingerprint density at radius 1 is 1.50 bits per heavy atom. The number of benzene rings is 1. The van der Waals surface area contributed by atoms with Crippen molar-refractivity contribution in [2.24, 2.45) is 0 Å². The lowest BCUT2D eigenvalue weighted by Crippen LogP contribution is -2.24. The van der Waals surface area contributed by atoms with Crippen LogP contribution in [-0.2, 0) is 12.4 Å². The van der Waals surface area contributed by atoms with Crippen LogP contribution in [0.15, 0.2) is 18.2 Å². The summed E-state index contributed by atoms with van der Waals surface area (Å²) in [5, 5.41) is 0. The number of imidazole rings is 1. The van der Waals surface area contributed by atoms with Crippen molar-refractivity contribution in [2.45, 2.75) is 36.9 Å². The fourth-order valence-electron chi connectivity index (χ4n) is 2.85. The molecule has 3 nitrogen and oxygen atoms in total. The van der Waals surface area contributed by atoms with Crippen LogP contribution in [0.4, 0.5) is 0 Å². The quantitative estimate of drug-likeness (QED) is 0.797. The Bertz CT molecular complexity index is 620. The van der Waals surface area contributed by atoms with Gasteiger partial charge in [0.1, 0.15) is 11.6 Å². The number of aromatic nitrogens is 2. The Hall–Kier alpha value is -0.870. The van der Waals surface area contributed by atoms with E-state index in [0.717, 1.165) is 29.2 Å². The van der Waals surface area contributed by atoms with Crippen molar-refractivity contribution in [3.8, 4) is 5.75 Å². The van der Waals surface area contributed by atoms with E-state index in [4.69, 9.17) is 16.3 Å². The molecule has 3 rings (SSSR count). The standard InChI is InChI=1S/C15H19ClN2OS/c1-15(6-3-7-20-15)10-18-13-8-11(19-2)4-5-12(13)17-14(18)9-16/h4-5,8H,3,6-7,9-10H2,1-2H3. The van der Waals surface area contributed by atoms with Crippen molar-refractivity contribution < 1.29 is 4.74 Å². The molecule has 0 aliphatic carbocycles. The third-order valence-electron chi connectivity index (χ3n) is 3.95. The van der Waals surface area contributed by atoms with E-state index in [1.807, 2.05) is 12.1 Å². The van der Waals surface area contributed by atoms with E-state index in [-0.39, 0.29) is 4.75 Å². The number of thioether (sulfide) groups is 1. The topological polar surface area (TPSA) is 27.1 Å². The Kier molecular flexibility index (Phi) is 3.87. The molecule has 2 aromatic rings. The predicted molar refractivity (Wildman–Crippen MR) is 85.9 cm³/mol.